The molecule has 1 spiro atoms. The van der Waals surface area contributed by atoms with Gasteiger partial charge >= 0.3 is 6.61 Å². The summed E-state index contributed by atoms with van der Waals surface area (Å²) in [6.07, 6.45) is 4.99. The van der Waals surface area contributed by atoms with Crippen molar-refractivity contribution in [3.05, 3.63) is 65.2 Å². The second kappa shape index (κ2) is 13.4. The molecule has 0 bridgehead atoms. The normalized spacial score (nSPS) is 23.0. The molecule has 1 heterocycles. The fraction of sp³-hybridized carbons (Fsp3) is 0.571. The third kappa shape index (κ3) is 8.39. The van der Waals surface area contributed by atoms with Gasteiger partial charge < -0.3 is 20.7 Å². The van der Waals surface area contributed by atoms with Crippen LogP contribution < -0.4 is 21.1 Å². The number of amidine groups is 1. The van der Waals surface area contributed by atoms with E-state index in [1.165, 1.54) is 12.1 Å². The van der Waals surface area contributed by atoms with Crippen LogP contribution in [0.25, 0.3) is 0 Å². The zero-order valence-corrected chi connectivity index (χ0v) is 27.4. The number of nitrogens with two attached hydrogens (primary N) is 1. The molecule has 5 N–H and O–H groups in total. The van der Waals surface area contributed by atoms with Crippen LogP contribution in [-0.2, 0) is 4.79 Å². The molecule has 0 radical (unpaired) electrons. The number of ether oxygens (including phenoxy) is 1. The fourth-order valence-corrected chi connectivity index (χ4v) is 6.79. The summed E-state index contributed by atoms with van der Waals surface area (Å²) in [6.45, 7) is 10.3. The van der Waals surface area contributed by atoms with Gasteiger partial charge in [-0.25, -0.2) is 0 Å². The van der Waals surface area contributed by atoms with Gasteiger partial charge in [0.05, 0.1) is 18.2 Å². The van der Waals surface area contributed by atoms with E-state index in [1.54, 1.807) is 24.3 Å². The fourth-order valence-electron chi connectivity index (χ4n) is 6.79. The quantitative estimate of drug-likeness (QED) is 0.169. The van der Waals surface area contributed by atoms with Crippen molar-refractivity contribution in [1.82, 2.24) is 15.5 Å². The number of nitrogens with one attached hydrogen (secondary N) is 3. The average molecular weight is 626 g/mol. The first-order valence-corrected chi connectivity index (χ1v) is 15.9. The van der Waals surface area contributed by atoms with Crippen LogP contribution in [0.5, 0.6) is 5.75 Å². The van der Waals surface area contributed by atoms with Crippen molar-refractivity contribution in [2.75, 3.05) is 6.54 Å². The molecule has 2 unspecified atom stereocenters. The standard InChI is InChI=1S/C35H49F2N5O3/c1-33(2,3)17-16-27(22-10-12-23(13-11-22)30(43)40-21-28(38)39)42-31(44)29(24-8-7-9-26(20-24)45-32(36)37)41-35(42)18-14-25(15-19-35)34(4,5)6/h7-13,20,25,27,29,32,41H,14-19,21H2,1-6H3,(H3,38,39)(H,40,43). The molecule has 1 aliphatic heterocycles. The van der Waals surface area contributed by atoms with E-state index in [1.807, 2.05) is 17.0 Å². The van der Waals surface area contributed by atoms with Gasteiger partial charge in [0, 0.05) is 5.56 Å². The Morgan fingerprint density at radius 2 is 1.76 bits per heavy atom. The molecule has 246 valence electrons. The van der Waals surface area contributed by atoms with Gasteiger partial charge in [-0.15, -0.1) is 0 Å². The minimum absolute atomic E-state index is 0.0123. The van der Waals surface area contributed by atoms with Crippen LogP contribution in [-0.4, -0.2) is 41.4 Å². The van der Waals surface area contributed by atoms with Gasteiger partial charge in [-0.05, 0) is 90.7 Å². The van der Waals surface area contributed by atoms with Crippen LogP contribution in [0.15, 0.2) is 48.5 Å². The highest BCUT2D eigenvalue weighted by molar-refractivity contribution is 5.96. The average Bonchev–Trinajstić information content (AvgIpc) is 3.22. The Balaban J connectivity index is 1.75. The van der Waals surface area contributed by atoms with Gasteiger partial charge in [0.25, 0.3) is 5.91 Å². The molecular formula is C35H49F2N5O3. The SMILES string of the molecule is CC(C)(C)CCC(c1ccc(C(=O)NCC(=N)N)cc1)N1C(=O)C(c2cccc(OC(F)F)c2)NC12CCC(C(C)(C)C)CC2. The van der Waals surface area contributed by atoms with Crippen molar-refractivity contribution >= 4 is 17.6 Å². The number of amides is 2. The molecule has 2 atom stereocenters. The third-order valence-corrected chi connectivity index (χ3v) is 9.29. The molecule has 45 heavy (non-hydrogen) atoms. The first-order valence-electron chi connectivity index (χ1n) is 15.9. The Hall–Kier alpha value is -3.53. The van der Waals surface area contributed by atoms with Gasteiger partial charge in [0.1, 0.15) is 17.6 Å². The first kappa shape index (κ1) is 34.3. The molecule has 8 nitrogen and oxygen atoms in total. The summed E-state index contributed by atoms with van der Waals surface area (Å²) in [5.74, 6) is -0.0338. The van der Waals surface area contributed by atoms with Crippen molar-refractivity contribution in [1.29, 1.82) is 5.41 Å². The number of benzene rings is 2. The molecular weight excluding hydrogens is 576 g/mol. The Morgan fingerprint density at radius 3 is 2.31 bits per heavy atom. The number of rotatable bonds is 10. The monoisotopic (exact) mass is 625 g/mol. The number of carbonyl (C=O) groups excluding carboxylic acids is 2. The van der Waals surface area contributed by atoms with Crippen LogP contribution in [0.4, 0.5) is 8.78 Å². The number of alkyl halides is 2. The Morgan fingerprint density at radius 1 is 1.11 bits per heavy atom. The maximum absolute atomic E-state index is 14.6. The van der Waals surface area contributed by atoms with Crippen molar-refractivity contribution in [2.45, 2.75) is 104 Å². The van der Waals surface area contributed by atoms with Gasteiger partial charge in [0.2, 0.25) is 5.91 Å². The number of hydrogen-bond acceptors (Lipinski definition) is 5. The third-order valence-electron chi connectivity index (χ3n) is 9.29. The summed E-state index contributed by atoms with van der Waals surface area (Å²) >= 11 is 0. The van der Waals surface area contributed by atoms with Gasteiger partial charge in [-0.3, -0.25) is 20.3 Å². The second-order valence-electron chi connectivity index (χ2n) is 14.9. The van der Waals surface area contributed by atoms with Crippen LogP contribution in [0, 0.1) is 22.2 Å². The van der Waals surface area contributed by atoms with Gasteiger partial charge in [0.15, 0.2) is 0 Å². The molecule has 4 rings (SSSR count). The lowest BCUT2D eigenvalue weighted by Gasteiger charge is -2.49. The van der Waals surface area contributed by atoms with E-state index in [2.05, 4.69) is 56.9 Å². The highest BCUT2D eigenvalue weighted by Crippen LogP contribution is 2.50. The maximum atomic E-state index is 14.6. The van der Waals surface area contributed by atoms with Crippen molar-refractivity contribution in [2.24, 2.45) is 22.5 Å². The van der Waals surface area contributed by atoms with E-state index in [9.17, 15) is 18.4 Å². The highest BCUT2D eigenvalue weighted by atomic mass is 19.3. The van der Waals surface area contributed by atoms with E-state index in [4.69, 9.17) is 11.1 Å². The molecule has 2 aromatic carbocycles. The molecule has 1 saturated heterocycles. The summed E-state index contributed by atoms with van der Waals surface area (Å²) in [5.41, 5.74) is 6.88. The first-order chi connectivity index (χ1) is 21.0. The largest absolute Gasteiger partial charge is 0.435 e. The van der Waals surface area contributed by atoms with Gasteiger partial charge in [-0.2, -0.15) is 8.78 Å². The lowest BCUT2D eigenvalue weighted by molar-refractivity contribution is -0.137. The predicted octanol–water partition coefficient (Wildman–Crippen LogP) is 6.93. The van der Waals surface area contributed by atoms with Crippen LogP contribution in [0.3, 0.4) is 0 Å². The molecule has 10 heteroatoms. The Labute approximate surface area is 266 Å². The number of halogens is 2. The zero-order chi connectivity index (χ0) is 33.2. The minimum Gasteiger partial charge on any atom is -0.435 e. The summed E-state index contributed by atoms with van der Waals surface area (Å²) < 4.78 is 30.8. The predicted molar refractivity (Wildman–Crippen MR) is 172 cm³/mol. The number of carbonyl (C=O) groups is 2. The lowest BCUT2D eigenvalue weighted by atomic mass is 9.69. The number of nitrogens with zero attached hydrogens (tertiary/aromatic N) is 1. The van der Waals surface area contributed by atoms with E-state index < -0.39 is 18.3 Å². The van der Waals surface area contributed by atoms with Crippen molar-refractivity contribution < 1.29 is 23.1 Å². The van der Waals surface area contributed by atoms with Crippen LogP contribution in [0.1, 0.15) is 114 Å². The topological polar surface area (TPSA) is 121 Å². The van der Waals surface area contributed by atoms with E-state index in [-0.39, 0.29) is 46.8 Å². The minimum atomic E-state index is -2.96. The van der Waals surface area contributed by atoms with Crippen LogP contribution in [0.2, 0.25) is 0 Å². The van der Waals surface area contributed by atoms with Crippen molar-refractivity contribution in [3.63, 3.8) is 0 Å². The van der Waals surface area contributed by atoms with Crippen LogP contribution >= 0.6 is 0 Å². The smallest absolute Gasteiger partial charge is 0.387 e. The summed E-state index contributed by atoms with van der Waals surface area (Å²) in [6, 6.07) is 12.7. The van der Waals surface area contributed by atoms with Crippen molar-refractivity contribution in [3.8, 4) is 5.75 Å². The molecule has 2 aromatic rings. The summed E-state index contributed by atoms with van der Waals surface area (Å²) in [7, 11) is 0. The Kier molecular flexibility index (Phi) is 10.3. The molecule has 2 fully saturated rings. The molecule has 2 amide bonds. The van der Waals surface area contributed by atoms with Gasteiger partial charge in [-0.1, -0.05) is 65.8 Å². The molecule has 1 aliphatic carbocycles. The number of hydrogen-bond donors (Lipinski definition) is 4. The second-order valence-corrected chi connectivity index (χ2v) is 14.9. The summed E-state index contributed by atoms with van der Waals surface area (Å²) in [4.78, 5) is 29.3. The highest BCUT2D eigenvalue weighted by Gasteiger charge is 2.55. The Bertz CT molecular complexity index is 1360. The molecule has 2 aliphatic rings. The lowest BCUT2D eigenvalue weighted by Crippen LogP contribution is -2.56. The van der Waals surface area contributed by atoms with E-state index in [0.29, 0.717) is 23.5 Å². The maximum Gasteiger partial charge on any atom is 0.387 e. The van der Waals surface area contributed by atoms with E-state index >= 15 is 0 Å². The molecule has 0 aromatic heterocycles. The van der Waals surface area contributed by atoms with E-state index in [0.717, 1.165) is 37.7 Å². The summed E-state index contributed by atoms with van der Waals surface area (Å²) in [5, 5.41) is 13.7. The zero-order valence-electron chi connectivity index (χ0n) is 27.4. The molecule has 1 saturated carbocycles.